The number of carbonyl (C=O) groups excluding carboxylic acids is 1. The highest BCUT2D eigenvalue weighted by molar-refractivity contribution is 5.94. The summed E-state index contributed by atoms with van der Waals surface area (Å²) in [6.07, 6.45) is 3.55. The minimum atomic E-state index is -0.384. The molecule has 3 nitrogen and oxygen atoms in total. The van der Waals surface area contributed by atoms with Gasteiger partial charge in [-0.25, -0.2) is 8.78 Å². The first-order valence-corrected chi connectivity index (χ1v) is 8.61. The standard InChI is InChI=1S/C22H20F2N2O/c1-2-12-26(22(27)18-8-10-19(23)11-9-18)16-21-7-4-13-25(21)15-17-5-3-6-20(24)14-17/h2-11,13-14H,1,12,15-16H2. The van der Waals surface area contributed by atoms with Gasteiger partial charge in [0.1, 0.15) is 11.6 Å². The van der Waals surface area contributed by atoms with Gasteiger partial charge in [-0.2, -0.15) is 0 Å². The quantitative estimate of drug-likeness (QED) is 0.559. The number of rotatable bonds is 7. The van der Waals surface area contributed by atoms with Crippen molar-refractivity contribution in [3.63, 3.8) is 0 Å². The molecule has 0 spiro atoms. The van der Waals surface area contributed by atoms with Crippen molar-refractivity contribution in [2.75, 3.05) is 6.54 Å². The molecule has 0 aliphatic carbocycles. The van der Waals surface area contributed by atoms with Crippen LogP contribution in [0.15, 0.2) is 79.5 Å². The highest BCUT2D eigenvalue weighted by Crippen LogP contribution is 2.14. The van der Waals surface area contributed by atoms with Crippen molar-refractivity contribution in [1.82, 2.24) is 9.47 Å². The number of amides is 1. The van der Waals surface area contributed by atoms with Crippen molar-refractivity contribution < 1.29 is 13.6 Å². The molecule has 0 unspecified atom stereocenters. The van der Waals surface area contributed by atoms with Crippen LogP contribution in [0, 0.1) is 11.6 Å². The van der Waals surface area contributed by atoms with E-state index >= 15 is 0 Å². The lowest BCUT2D eigenvalue weighted by Gasteiger charge is -2.22. The third kappa shape index (κ3) is 4.70. The van der Waals surface area contributed by atoms with Crippen LogP contribution < -0.4 is 0 Å². The third-order valence-electron chi connectivity index (χ3n) is 4.25. The van der Waals surface area contributed by atoms with Gasteiger partial charge in [-0.05, 0) is 54.1 Å². The van der Waals surface area contributed by atoms with Crippen molar-refractivity contribution in [3.05, 3.63) is 108 Å². The summed E-state index contributed by atoms with van der Waals surface area (Å²) in [5.41, 5.74) is 2.17. The molecule has 138 valence electrons. The Bertz CT molecular complexity index is 931. The number of hydrogen-bond donors (Lipinski definition) is 0. The molecule has 2 aromatic carbocycles. The summed E-state index contributed by atoms with van der Waals surface area (Å²) >= 11 is 0. The van der Waals surface area contributed by atoms with E-state index in [1.54, 1.807) is 17.0 Å². The van der Waals surface area contributed by atoms with Gasteiger partial charge in [-0.1, -0.05) is 18.2 Å². The van der Waals surface area contributed by atoms with Gasteiger partial charge in [0.15, 0.2) is 0 Å². The second-order valence-electron chi connectivity index (χ2n) is 6.24. The Hall–Kier alpha value is -3.21. The van der Waals surface area contributed by atoms with Crippen molar-refractivity contribution in [1.29, 1.82) is 0 Å². The summed E-state index contributed by atoms with van der Waals surface area (Å²) in [5, 5.41) is 0. The lowest BCUT2D eigenvalue weighted by Crippen LogP contribution is -2.31. The van der Waals surface area contributed by atoms with Crippen LogP contribution in [0.25, 0.3) is 0 Å². The van der Waals surface area contributed by atoms with Gasteiger partial charge in [0.25, 0.3) is 5.91 Å². The second-order valence-corrected chi connectivity index (χ2v) is 6.24. The monoisotopic (exact) mass is 366 g/mol. The molecule has 0 radical (unpaired) electrons. The summed E-state index contributed by atoms with van der Waals surface area (Å²) < 4.78 is 28.5. The number of benzene rings is 2. The maximum atomic E-state index is 13.4. The molecular weight excluding hydrogens is 346 g/mol. The third-order valence-corrected chi connectivity index (χ3v) is 4.25. The van der Waals surface area contributed by atoms with Crippen LogP contribution in [-0.4, -0.2) is 21.9 Å². The molecule has 1 amide bonds. The van der Waals surface area contributed by atoms with Crippen LogP contribution >= 0.6 is 0 Å². The molecule has 0 bridgehead atoms. The Morgan fingerprint density at radius 1 is 1.04 bits per heavy atom. The highest BCUT2D eigenvalue weighted by atomic mass is 19.1. The number of nitrogens with zero attached hydrogens (tertiary/aromatic N) is 2. The maximum Gasteiger partial charge on any atom is 0.254 e. The van der Waals surface area contributed by atoms with Crippen molar-refractivity contribution in [3.8, 4) is 0 Å². The fraction of sp³-hybridized carbons (Fsp3) is 0.136. The molecule has 0 N–H and O–H groups in total. The minimum Gasteiger partial charge on any atom is -0.345 e. The van der Waals surface area contributed by atoms with Crippen molar-refractivity contribution in [2.45, 2.75) is 13.1 Å². The first-order chi connectivity index (χ1) is 13.1. The lowest BCUT2D eigenvalue weighted by atomic mass is 10.2. The summed E-state index contributed by atoms with van der Waals surface area (Å²) in [7, 11) is 0. The average Bonchev–Trinajstić information content (AvgIpc) is 3.08. The van der Waals surface area contributed by atoms with E-state index < -0.39 is 0 Å². The molecule has 3 aromatic rings. The first-order valence-electron chi connectivity index (χ1n) is 8.61. The molecule has 3 rings (SSSR count). The van der Waals surface area contributed by atoms with Gasteiger partial charge in [0, 0.05) is 30.5 Å². The van der Waals surface area contributed by atoms with Crippen LogP contribution in [0.4, 0.5) is 8.78 Å². The predicted octanol–water partition coefficient (Wildman–Crippen LogP) is 4.64. The molecule has 0 aliphatic heterocycles. The van der Waals surface area contributed by atoms with E-state index in [0.29, 0.717) is 25.2 Å². The van der Waals surface area contributed by atoms with Gasteiger partial charge in [0.05, 0.1) is 6.54 Å². The van der Waals surface area contributed by atoms with E-state index in [9.17, 15) is 13.6 Å². The molecule has 0 fully saturated rings. The normalized spacial score (nSPS) is 10.6. The lowest BCUT2D eigenvalue weighted by molar-refractivity contribution is 0.0759. The van der Waals surface area contributed by atoms with Gasteiger partial charge in [-0.3, -0.25) is 4.79 Å². The van der Waals surface area contributed by atoms with Gasteiger partial charge in [0.2, 0.25) is 0 Å². The summed E-state index contributed by atoms with van der Waals surface area (Å²) in [6, 6.07) is 15.7. The zero-order valence-electron chi connectivity index (χ0n) is 14.8. The number of hydrogen-bond acceptors (Lipinski definition) is 1. The Morgan fingerprint density at radius 2 is 1.81 bits per heavy atom. The molecule has 1 aromatic heterocycles. The predicted molar refractivity (Wildman–Crippen MR) is 101 cm³/mol. The summed E-state index contributed by atoms with van der Waals surface area (Å²) in [4.78, 5) is 14.4. The van der Waals surface area contributed by atoms with Crippen LogP contribution in [0.2, 0.25) is 0 Å². The molecular formula is C22H20F2N2O. The SMILES string of the molecule is C=CCN(Cc1cccn1Cc1cccc(F)c1)C(=O)c1ccc(F)cc1. The average molecular weight is 366 g/mol. The zero-order chi connectivity index (χ0) is 19.2. The van der Waals surface area contributed by atoms with Gasteiger partial charge < -0.3 is 9.47 Å². The number of halogens is 2. The molecule has 27 heavy (non-hydrogen) atoms. The fourth-order valence-corrected chi connectivity index (χ4v) is 2.92. The largest absolute Gasteiger partial charge is 0.345 e. The van der Waals surface area contributed by atoms with E-state index in [1.807, 2.05) is 29.0 Å². The van der Waals surface area contributed by atoms with Crippen LogP contribution in [0.3, 0.4) is 0 Å². The Balaban J connectivity index is 1.79. The first kappa shape index (κ1) is 18.6. The Kier molecular flexibility index (Phi) is 5.81. The van der Waals surface area contributed by atoms with E-state index in [0.717, 1.165) is 11.3 Å². The highest BCUT2D eigenvalue weighted by Gasteiger charge is 2.16. The van der Waals surface area contributed by atoms with Crippen LogP contribution in [0.1, 0.15) is 21.6 Å². The maximum absolute atomic E-state index is 13.4. The van der Waals surface area contributed by atoms with Crippen molar-refractivity contribution >= 4 is 5.91 Å². The van der Waals surface area contributed by atoms with E-state index in [4.69, 9.17) is 0 Å². The molecule has 0 aliphatic rings. The van der Waals surface area contributed by atoms with E-state index in [1.165, 1.54) is 36.4 Å². The molecule has 0 saturated heterocycles. The zero-order valence-corrected chi connectivity index (χ0v) is 14.8. The number of aromatic nitrogens is 1. The smallest absolute Gasteiger partial charge is 0.254 e. The van der Waals surface area contributed by atoms with E-state index in [2.05, 4.69) is 6.58 Å². The summed E-state index contributed by atoms with van der Waals surface area (Å²) in [6.45, 7) is 4.95. The molecule has 0 atom stereocenters. The van der Waals surface area contributed by atoms with E-state index in [-0.39, 0.29) is 17.5 Å². The van der Waals surface area contributed by atoms with Crippen molar-refractivity contribution in [2.24, 2.45) is 0 Å². The van der Waals surface area contributed by atoms with Crippen LogP contribution in [0.5, 0.6) is 0 Å². The number of carbonyl (C=O) groups is 1. The van der Waals surface area contributed by atoms with Gasteiger partial charge in [-0.15, -0.1) is 6.58 Å². The molecule has 0 saturated carbocycles. The Morgan fingerprint density at radius 3 is 2.52 bits per heavy atom. The van der Waals surface area contributed by atoms with Crippen LogP contribution in [-0.2, 0) is 13.1 Å². The topological polar surface area (TPSA) is 25.2 Å². The second kappa shape index (κ2) is 8.45. The minimum absolute atomic E-state index is 0.201. The molecule has 1 heterocycles. The Labute approximate surface area is 157 Å². The summed E-state index contributed by atoms with van der Waals surface area (Å²) in [5.74, 6) is -0.861. The van der Waals surface area contributed by atoms with Gasteiger partial charge >= 0.3 is 0 Å². The fourth-order valence-electron chi connectivity index (χ4n) is 2.92. The molecule has 5 heteroatoms.